The quantitative estimate of drug-likeness (QED) is 0.475. The van der Waals surface area contributed by atoms with E-state index in [-0.39, 0.29) is 17.3 Å². The van der Waals surface area contributed by atoms with Crippen molar-refractivity contribution in [3.05, 3.63) is 46.8 Å². The van der Waals surface area contributed by atoms with Gasteiger partial charge in [-0.25, -0.2) is 0 Å². The van der Waals surface area contributed by atoms with Gasteiger partial charge in [-0.3, -0.25) is 4.90 Å². The summed E-state index contributed by atoms with van der Waals surface area (Å²) in [5.41, 5.74) is 12.1. The van der Waals surface area contributed by atoms with Crippen molar-refractivity contribution in [2.24, 2.45) is 11.5 Å². The Morgan fingerprint density at radius 1 is 1.31 bits per heavy atom. The Morgan fingerprint density at radius 2 is 2.03 bits per heavy atom. The summed E-state index contributed by atoms with van der Waals surface area (Å²) in [7, 11) is 0. The minimum Gasteiger partial charge on any atom is -0.507 e. The molecule has 0 aliphatic carbocycles. The second-order valence-electron chi connectivity index (χ2n) is 7.72. The van der Waals surface area contributed by atoms with Crippen molar-refractivity contribution >= 4 is 5.70 Å². The highest BCUT2D eigenvalue weighted by Gasteiger charge is 2.31. The number of nitrogens with zero attached hydrogens (tertiary/aromatic N) is 1. The molecule has 0 spiro atoms. The first-order valence-corrected chi connectivity index (χ1v) is 9.70. The number of allylic oxidation sites excluding steroid dienone is 2. The van der Waals surface area contributed by atoms with Gasteiger partial charge < -0.3 is 27.2 Å². The second-order valence-corrected chi connectivity index (χ2v) is 7.72. The standard InChI is InChI=1S/C20H28F3N5O/c1-12(19(25)16-5-4-13(8-17(16)29)20(21,22)23)7-18(24)27-14-3-2-6-28(11-14)15-9-26-10-15/h4-5,7-8,14-15,26-27,29H,2-3,6,9-11,24-25H2,1H3/b18-7+,19-12-. The zero-order valence-electron chi connectivity index (χ0n) is 16.4. The van der Waals surface area contributed by atoms with E-state index in [9.17, 15) is 18.3 Å². The molecular weight excluding hydrogens is 383 g/mol. The van der Waals surface area contributed by atoms with Crippen LogP contribution in [-0.4, -0.2) is 48.3 Å². The van der Waals surface area contributed by atoms with Gasteiger partial charge in [0.15, 0.2) is 0 Å². The number of nitrogens with two attached hydrogens (primary N) is 2. The van der Waals surface area contributed by atoms with Gasteiger partial charge in [0.25, 0.3) is 0 Å². The molecule has 2 saturated heterocycles. The number of likely N-dealkylation sites (tertiary alicyclic amines) is 1. The molecule has 0 radical (unpaired) electrons. The van der Waals surface area contributed by atoms with E-state index in [2.05, 4.69) is 15.5 Å². The molecule has 2 fully saturated rings. The minimum atomic E-state index is -4.53. The molecule has 9 heteroatoms. The third-order valence-electron chi connectivity index (χ3n) is 5.51. The van der Waals surface area contributed by atoms with Crippen LogP contribution in [0.4, 0.5) is 13.2 Å². The van der Waals surface area contributed by atoms with Crippen LogP contribution in [0.2, 0.25) is 0 Å². The first kappa shape index (κ1) is 21.3. The number of hydrogen-bond donors (Lipinski definition) is 5. The van der Waals surface area contributed by atoms with Crippen molar-refractivity contribution in [3.8, 4) is 5.75 Å². The number of halogens is 3. The van der Waals surface area contributed by atoms with Gasteiger partial charge in [0.05, 0.1) is 11.4 Å². The van der Waals surface area contributed by atoms with Crippen LogP contribution in [0.25, 0.3) is 5.70 Å². The van der Waals surface area contributed by atoms with E-state index in [0.717, 1.165) is 45.1 Å². The van der Waals surface area contributed by atoms with Gasteiger partial charge in [-0.2, -0.15) is 13.2 Å². The highest BCUT2D eigenvalue weighted by molar-refractivity contribution is 5.72. The summed E-state index contributed by atoms with van der Waals surface area (Å²) in [4.78, 5) is 2.46. The van der Waals surface area contributed by atoms with Crippen LogP contribution in [0.15, 0.2) is 35.7 Å². The van der Waals surface area contributed by atoms with Crippen LogP contribution in [0, 0.1) is 0 Å². The Kier molecular flexibility index (Phi) is 6.28. The lowest BCUT2D eigenvalue weighted by Crippen LogP contribution is -2.61. The largest absolute Gasteiger partial charge is 0.507 e. The van der Waals surface area contributed by atoms with Crippen molar-refractivity contribution in [3.63, 3.8) is 0 Å². The topological polar surface area (TPSA) is 99.6 Å². The van der Waals surface area contributed by atoms with Crippen LogP contribution < -0.4 is 22.1 Å². The molecule has 3 rings (SSSR count). The Balaban J connectivity index is 1.68. The lowest BCUT2D eigenvalue weighted by atomic mass is 10.0. The van der Waals surface area contributed by atoms with E-state index in [1.165, 1.54) is 6.07 Å². The lowest BCUT2D eigenvalue weighted by molar-refractivity contribution is -0.137. The molecule has 2 heterocycles. The van der Waals surface area contributed by atoms with Crippen LogP contribution in [0.3, 0.4) is 0 Å². The van der Waals surface area contributed by atoms with Gasteiger partial charge in [0.2, 0.25) is 0 Å². The molecule has 160 valence electrons. The maximum Gasteiger partial charge on any atom is 0.416 e. The van der Waals surface area contributed by atoms with Crippen molar-refractivity contribution in [1.29, 1.82) is 0 Å². The molecular formula is C20H28F3N5O. The van der Waals surface area contributed by atoms with E-state index in [1.54, 1.807) is 13.0 Å². The second kappa shape index (κ2) is 8.54. The molecule has 2 aliphatic heterocycles. The number of nitrogens with one attached hydrogen (secondary N) is 2. The van der Waals surface area contributed by atoms with Crippen LogP contribution in [0.5, 0.6) is 5.75 Å². The zero-order chi connectivity index (χ0) is 21.2. The summed E-state index contributed by atoms with van der Waals surface area (Å²) in [6.45, 7) is 5.75. The van der Waals surface area contributed by atoms with Crippen LogP contribution in [-0.2, 0) is 6.18 Å². The van der Waals surface area contributed by atoms with Crippen molar-refractivity contribution in [2.75, 3.05) is 26.2 Å². The first-order valence-electron chi connectivity index (χ1n) is 9.70. The molecule has 29 heavy (non-hydrogen) atoms. The Bertz CT molecular complexity index is 802. The molecule has 7 N–H and O–H groups in total. The molecule has 1 aromatic rings. The SMILES string of the molecule is CC(/C=C(\N)NC1CCCN(C2CNC2)C1)=C(/N)c1ccc(C(F)(F)F)cc1O. The number of phenolic OH excluding ortho intramolecular Hbond substituents is 1. The van der Waals surface area contributed by atoms with Gasteiger partial charge in [0, 0.05) is 43.0 Å². The monoisotopic (exact) mass is 411 g/mol. The molecule has 0 aromatic heterocycles. The predicted molar refractivity (Wildman–Crippen MR) is 107 cm³/mol. The zero-order valence-corrected chi connectivity index (χ0v) is 16.4. The smallest absolute Gasteiger partial charge is 0.416 e. The Labute approximate surface area is 168 Å². The highest BCUT2D eigenvalue weighted by Crippen LogP contribution is 2.34. The molecule has 1 atom stereocenters. The summed E-state index contributed by atoms with van der Waals surface area (Å²) in [6.07, 6.45) is -0.765. The maximum atomic E-state index is 12.8. The summed E-state index contributed by atoms with van der Waals surface area (Å²) in [5.74, 6) is -0.0796. The van der Waals surface area contributed by atoms with Gasteiger partial charge in [-0.05, 0) is 56.2 Å². The molecule has 1 aromatic carbocycles. The summed E-state index contributed by atoms with van der Waals surface area (Å²) >= 11 is 0. The summed E-state index contributed by atoms with van der Waals surface area (Å²) in [5, 5.41) is 16.6. The summed E-state index contributed by atoms with van der Waals surface area (Å²) in [6, 6.07) is 3.55. The number of hydrogen-bond acceptors (Lipinski definition) is 6. The molecule has 2 aliphatic rings. The average molecular weight is 411 g/mol. The van der Waals surface area contributed by atoms with E-state index < -0.39 is 17.5 Å². The van der Waals surface area contributed by atoms with Crippen LogP contribution >= 0.6 is 0 Å². The Hall–Kier alpha value is -2.39. The fraction of sp³-hybridized carbons (Fsp3) is 0.500. The van der Waals surface area contributed by atoms with Gasteiger partial charge in [-0.15, -0.1) is 0 Å². The highest BCUT2D eigenvalue weighted by atomic mass is 19.4. The van der Waals surface area contributed by atoms with Gasteiger partial charge >= 0.3 is 6.18 Å². The summed E-state index contributed by atoms with van der Waals surface area (Å²) < 4.78 is 38.3. The van der Waals surface area contributed by atoms with Crippen LogP contribution in [0.1, 0.15) is 30.9 Å². The van der Waals surface area contributed by atoms with E-state index in [0.29, 0.717) is 23.5 Å². The Morgan fingerprint density at radius 3 is 2.62 bits per heavy atom. The number of benzene rings is 1. The fourth-order valence-electron chi connectivity index (χ4n) is 3.72. The molecule has 0 saturated carbocycles. The van der Waals surface area contributed by atoms with Crippen molar-refractivity contribution in [1.82, 2.24) is 15.5 Å². The van der Waals surface area contributed by atoms with Crippen molar-refractivity contribution < 1.29 is 18.3 Å². The minimum absolute atomic E-state index is 0.140. The van der Waals surface area contributed by atoms with Crippen molar-refractivity contribution in [2.45, 2.75) is 38.0 Å². The van der Waals surface area contributed by atoms with Gasteiger partial charge in [0.1, 0.15) is 5.75 Å². The molecule has 0 amide bonds. The molecule has 1 unspecified atom stereocenters. The fourth-order valence-corrected chi connectivity index (χ4v) is 3.72. The number of rotatable bonds is 5. The normalized spacial score (nSPS) is 22.8. The number of piperidine rings is 1. The molecule has 0 bridgehead atoms. The molecule has 6 nitrogen and oxygen atoms in total. The third kappa shape index (κ3) is 5.16. The van der Waals surface area contributed by atoms with E-state index >= 15 is 0 Å². The number of alkyl halides is 3. The third-order valence-corrected chi connectivity index (χ3v) is 5.51. The average Bonchev–Trinajstić information content (AvgIpc) is 2.59. The number of phenols is 1. The predicted octanol–water partition coefficient (Wildman–Crippen LogP) is 1.93. The van der Waals surface area contributed by atoms with E-state index in [1.807, 2.05) is 0 Å². The van der Waals surface area contributed by atoms with E-state index in [4.69, 9.17) is 11.5 Å². The van der Waals surface area contributed by atoms with Gasteiger partial charge in [-0.1, -0.05) is 0 Å². The maximum absolute atomic E-state index is 12.8. The number of aromatic hydroxyl groups is 1. The lowest BCUT2D eigenvalue weighted by Gasteiger charge is -2.43. The first-order chi connectivity index (χ1) is 13.6.